The van der Waals surface area contributed by atoms with Crippen molar-refractivity contribution in [2.45, 2.75) is 44.3 Å². The van der Waals surface area contributed by atoms with Crippen LogP contribution >= 0.6 is 0 Å². The molecule has 2 N–H and O–H groups in total. The largest absolute Gasteiger partial charge is 0.493 e. The number of aliphatic hydroxyl groups is 2. The lowest BCUT2D eigenvalue weighted by molar-refractivity contribution is 0.000708. The van der Waals surface area contributed by atoms with E-state index in [0.717, 1.165) is 31.2 Å². The number of aliphatic hydroxyl groups excluding tert-OH is 1. The molecule has 19 heavy (non-hydrogen) atoms. The molecule has 0 saturated heterocycles. The van der Waals surface area contributed by atoms with E-state index in [2.05, 4.69) is 0 Å². The van der Waals surface area contributed by atoms with E-state index in [-0.39, 0.29) is 6.61 Å². The van der Waals surface area contributed by atoms with E-state index < -0.39 is 11.7 Å². The van der Waals surface area contributed by atoms with Crippen molar-refractivity contribution in [3.63, 3.8) is 0 Å². The molecule has 4 nitrogen and oxygen atoms in total. The van der Waals surface area contributed by atoms with Crippen molar-refractivity contribution in [2.24, 2.45) is 0 Å². The SMILES string of the molecule is COc1cc(C(C)O)ccc1OCC1(O)CCCC1. The van der Waals surface area contributed by atoms with Crippen molar-refractivity contribution in [2.75, 3.05) is 13.7 Å². The third-order valence-electron chi connectivity index (χ3n) is 3.70. The molecule has 0 bridgehead atoms. The Kier molecular flexibility index (Phi) is 4.32. The summed E-state index contributed by atoms with van der Waals surface area (Å²) < 4.78 is 11.0. The van der Waals surface area contributed by atoms with Crippen LogP contribution in [0.5, 0.6) is 11.5 Å². The lowest BCUT2D eigenvalue weighted by atomic mass is 10.0. The van der Waals surface area contributed by atoms with Gasteiger partial charge in [0.1, 0.15) is 6.61 Å². The Hall–Kier alpha value is -1.26. The summed E-state index contributed by atoms with van der Waals surface area (Å²) in [5, 5.41) is 19.8. The van der Waals surface area contributed by atoms with Crippen LogP contribution in [-0.2, 0) is 0 Å². The number of hydrogen-bond donors (Lipinski definition) is 2. The van der Waals surface area contributed by atoms with E-state index >= 15 is 0 Å². The highest BCUT2D eigenvalue weighted by molar-refractivity contribution is 5.43. The molecular weight excluding hydrogens is 244 g/mol. The van der Waals surface area contributed by atoms with Crippen molar-refractivity contribution in [3.05, 3.63) is 23.8 Å². The van der Waals surface area contributed by atoms with Gasteiger partial charge in [0.15, 0.2) is 11.5 Å². The Labute approximate surface area is 114 Å². The van der Waals surface area contributed by atoms with Crippen molar-refractivity contribution in [1.29, 1.82) is 0 Å². The highest BCUT2D eigenvalue weighted by Crippen LogP contribution is 2.34. The number of methoxy groups -OCH3 is 1. The average molecular weight is 266 g/mol. The molecule has 1 atom stereocenters. The molecule has 1 aromatic carbocycles. The quantitative estimate of drug-likeness (QED) is 0.859. The van der Waals surface area contributed by atoms with Gasteiger partial charge in [-0.2, -0.15) is 0 Å². The molecule has 1 fully saturated rings. The predicted molar refractivity (Wildman–Crippen MR) is 72.5 cm³/mol. The van der Waals surface area contributed by atoms with Gasteiger partial charge in [0.05, 0.1) is 18.8 Å². The summed E-state index contributed by atoms with van der Waals surface area (Å²) in [6.45, 7) is 1.99. The van der Waals surface area contributed by atoms with Gasteiger partial charge in [0.2, 0.25) is 0 Å². The van der Waals surface area contributed by atoms with Gasteiger partial charge in [-0.15, -0.1) is 0 Å². The molecule has 0 radical (unpaired) electrons. The summed E-state index contributed by atoms with van der Waals surface area (Å²) in [4.78, 5) is 0. The highest BCUT2D eigenvalue weighted by atomic mass is 16.5. The second-order valence-electron chi connectivity index (χ2n) is 5.31. The molecule has 0 spiro atoms. The normalized spacial score (nSPS) is 19.2. The summed E-state index contributed by atoms with van der Waals surface area (Å²) in [6, 6.07) is 5.35. The number of ether oxygens (including phenoxy) is 2. The first-order chi connectivity index (χ1) is 9.04. The Bertz CT molecular complexity index is 422. The number of benzene rings is 1. The molecule has 0 amide bonds. The fraction of sp³-hybridized carbons (Fsp3) is 0.600. The second-order valence-corrected chi connectivity index (χ2v) is 5.31. The topological polar surface area (TPSA) is 58.9 Å². The van der Waals surface area contributed by atoms with Gasteiger partial charge in [-0.1, -0.05) is 18.9 Å². The van der Waals surface area contributed by atoms with Crippen molar-refractivity contribution in [1.82, 2.24) is 0 Å². The Balaban J connectivity index is 2.07. The molecule has 0 aromatic heterocycles. The highest BCUT2D eigenvalue weighted by Gasteiger charge is 2.32. The van der Waals surface area contributed by atoms with Crippen molar-refractivity contribution >= 4 is 0 Å². The Morgan fingerprint density at radius 3 is 2.53 bits per heavy atom. The lowest BCUT2D eigenvalue weighted by Crippen LogP contribution is -2.32. The zero-order valence-corrected chi connectivity index (χ0v) is 11.6. The third kappa shape index (κ3) is 3.39. The summed E-state index contributed by atoms with van der Waals surface area (Å²) in [5.41, 5.74) is 0.0808. The summed E-state index contributed by atoms with van der Waals surface area (Å²) in [6.07, 6.45) is 3.15. The van der Waals surface area contributed by atoms with Crippen LogP contribution < -0.4 is 9.47 Å². The minimum absolute atomic E-state index is 0.289. The zero-order valence-electron chi connectivity index (χ0n) is 11.6. The van der Waals surface area contributed by atoms with Crippen LogP contribution in [0.4, 0.5) is 0 Å². The van der Waals surface area contributed by atoms with Crippen LogP contribution in [0.25, 0.3) is 0 Å². The first-order valence-corrected chi connectivity index (χ1v) is 6.75. The van der Waals surface area contributed by atoms with Crippen molar-refractivity contribution in [3.8, 4) is 11.5 Å². The maximum Gasteiger partial charge on any atom is 0.161 e. The first kappa shape index (κ1) is 14.2. The Morgan fingerprint density at radius 1 is 1.26 bits per heavy atom. The van der Waals surface area contributed by atoms with E-state index in [9.17, 15) is 10.2 Å². The standard InChI is InChI=1S/C15H22O4/c1-11(16)12-5-6-13(14(9-12)18-2)19-10-15(17)7-3-4-8-15/h5-6,9,11,16-17H,3-4,7-8,10H2,1-2H3. The van der Waals surface area contributed by atoms with Crippen LogP contribution in [0.1, 0.15) is 44.3 Å². The Morgan fingerprint density at radius 2 is 1.95 bits per heavy atom. The van der Waals surface area contributed by atoms with Crippen LogP contribution in [0.3, 0.4) is 0 Å². The molecule has 2 rings (SSSR count). The number of rotatable bonds is 5. The van der Waals surface area contributed by atoms with Crippen LogP contribution in [-0.4, -0.2) is 29.5 Å². The van der Waals surface area contributed by atoms with E-state index in [0.29, 0.717) is 11.5 Å². The van der Waals surface area contributed by atoms with Crippen molar-refractivity contribution < 1.29 is 19.7 Å². The molecule has 1 aromatic rings. The second kappa shape index (κ2) is 5.80. The molecule has 4 heteroatoms. The van der Waals surface area contributed by atoms with Gasteiger partial charge in [-0.3, -0.25) is 0 Å². The predicted octanol–water partition coefficient (Wildman–Crippen LogP) is 2.43. The molecule has 0 aliphatic heterocycles. The monoisotopic (exact) mass is 266 g/mol. The van der Waals surface area contributed by atoms with Gasteiger partial charge in [0.25, 0.3) is 0 Å². The van der Waals surface area contributed by atoms with Gasteiger partial charge < -0.3 is 19.7 Å². The molecule has 1 saturated carbocycles. The van der Waals surface area contributed by atoms with E-state index in [1.54, 1.807) is 32.2 Å². The molecule has 1 unspecified atom stereocenters. The molecule has 1 aliphatic carbocycles. The van der Waals surface area contributed by atoms with Crippen LogP contribution in [0.15, 0.2) is 18.2 Å². The minimum Gasteiger partial charge on any atom is -0.493 e. The molecule has 1 aliphatic rings. The zero-order chi connectivity index (χ0) is 13.9. The van der Waals surface area contributed by atoms with E-state index in [1.165, 1.54) is 0 Å². The number of hydrogen-bond acceptors (Lipinski definition) is 4. The summed E-state index contributed by atoms with van der Waals surface area (Å²) in [5.74, 6) is 1.19. The first-order valence-electron chi connectivity index (χ1n) is 6.75. The lowest BCUT2D eigenvalue weighted by Gasteiger charge is -2.23. The maximum atomic E-state index is 10.3. The van der Waals surface area contributed by atoms with E-state index in [4.69, 9.17) is 9.47 Å². The minimum atomic E-state index is -0.700. The molecule has 106 valence electrons. The fourth-order valence-corrected chi connectivity index (χ4v) is 2.45. The van der Waals surface area contributed by atoms with E-state index in [1.807, 2.05) is 0 Å². The maximum absolute atomic E-state index is 10.3. The van der Waals surface area contributed by atoms with Gasteiger partial charge in [0, 0.05) is 0 Å². The fourth-order valence-electron chi connectivity index (χ4n) is 2.45. The van der Waals surface area contributed by atoms with Gasteiger partial charge in [-0.05, 0) is 37.5 Å². The summed E-state index contributed by atoms with van der Waals surface area (Å²) >= 11 is 0. The third-order valence-corrected chi connectivity index (χ3v) is 3.70. The molecular formula is C15H22O4. The van der Waals surface area contributed by atoms with Crippen LogP contribution in [0, 0.1) is 0 Å². The summed E-state index contributed by atoms with van der Waals surface area (Å²) in [7, 11) is 1.57. The average Bonchev–Trinajstić information content (AvgIpc) is 2.83. The smallest absolute Gasteiger partial charge is 0.161 e. The van der Waals surface area contributed by atoms with Gasteiger partial charge in [-0.25, -0.2) is 0 Å². The van der Waals surface area contributed by atoms with Gasteiger partial charge >= 0.3 is 0 Å². The van der Waals surface area contributed by atoms with Crippen LogP contribution in [0.2, 0.25) is 0 Å². The molecule has 0 heterocycles.